The number of benzene rings is 1. The number of H-pyrrole nitrogens is 1. The second kappa shape index (κ2) is 4.50. The number of hydrogen-bond acceptors (Lipinski definition) is 0. The van der Waals surface area contributed by atoms with Crippen molar-refractivity contribution >= 4 is 10.9 Å². The molecule has 3 heterocycles. The van der Waals surface area contributed by atoms with Gasteiger partial charge < -0.3 is 4.98 Å². The predicted octanol–water partition coefficient (Wildman–Crippen LogP) is 4.25. The minimum Gasteiger partial charge on any atom is -0.351 e. The van der Waals surface area contributed by atoms with Gasteiger partial charge in [0.05, 0.1) is 18.3 Å². The Balaban J connectivity index is 1.86. The van der Waals surface area contributed by atoms with E-state index in [1.165, 1.54) is 46.5 Å². The van der Waals surface area contributed by atoms with Gasteiger partial charge in [-0.3, -0.25) is 0 Å². The molecule has 1 aliphatic heterocycles. The van der Waals surface area contributed by atoms with Gasteiger partial charge in [0.2, 0.25) is 0 Å². The summed E-state index contributed by atoms with van der Waals surface area (Å²) in [5, 5.41) is 1.41. The maximum Gasteiger partial charge on any atom is 0.254 e. The van der Waals surface area contributed by atoms with Crippen LogP contribution >= 0.6 is 0 Å². The number of aromatic amines is 1. The van der Waals surface area contributed by atoms with E-state index in [1.807, 2.05) is 0 Å². The fraction of sp³-hybridized carbons (Fsp3) is 0.450. The predicted molar refractivity (Wildman–Crippen MR) is 92.7 cm³/mol. The molecule has 0 bridgehead atoms. The first-order chi connectivity index (χ1) is 11.2. The average Bonchev–Trinajstić information content (AvgIpc) is 3.24. The number of imidazole rings is 1. The molecule has 1 aromatic carbocycles. The van der Waals surface area contributed by atoms with E-state index in [0.29, 0.717) is 6.04 Å². The molecule has 1 aliphatic carbocycles. The van der Waals surface area contributed by atoms with Crippen LogP contribution in [-0.4, -0.2) is 9.55 Å². The second-order valence-corrected chi connectivity index (χ2v) is 7.44. The Hall–Kier alpha value is -2.03. The summed E-state index contributed by atoms with van der Waals surface area (Å²) in [5.41, 5.74) is 7.22. The van der Waals surface area contributed by atoms with Crippen molar-refractivity contribution in [3.05, 3.63) is 41.3 Å². The van der Waals surface area contributed by atoms with E-state index >= 15 is 0 Å². The van der Waals surface area contributed by atoms with Crippen molar-refractivity contribution in [1.29, 1.82) is 0 Å². The normalized spacial score (nSPS) is 16.9. The van der Waals surface area contributed by atoms with Crippen LogP contribution in [0.15, 0.2) is 24.3 Å². The van der Waals surface area contributed by atoms with Crippen LogP contribution in [0.25, 0.3) is 22.3 Å². The number of fused-ring (bicyclic) bond motifs is 5. The van der Waals surface area contributed by atoms with Gasteiger partial charge >= 0.3 is 0 Å². The quantitative estimate of drug-likeness (QED) is 0.685. The third-order valence-corrected chi connectivity index (χ3v) is 5.63. The summed E-state index contributed by atoms with van der Waals surface area (Å²) < 4.78 is 5.15. The van der Waals surface area contributed by atoms with Crippen LogP contribution in [0, 0.1) is 6.92 Å². The van der Waals surface area contributed by atoms with Crippen LogP contribution in [0.3, 0.4) is 0 Å². The summed E-state index contributed by atoms with van der Waals surface area (Å²) in [6.07, 6.45) is 3.82. The highest BCUT2D eigenvalue weighted by Gasteiger charge is 2.42. The number of nitrogens with one attached hydrogen (secondary N) is 1. The first kappa shape index (κ1) is 13.4. The molecule has 23 heavy (non-hydrogen) atoms. The SMILES string of the molecule is Cc1n(C(C)C)c(C2CC2)c2[n+]1CCc1c-2[nH]c2ccccc12. The summed E-state index contributed by atoms with van der Waals surface area (Å²) in [5.74, 6) is 2.17. The molecule has 2 aliphatic rings. The van der Waals surface area contributed by atoms with E-state index in [4.69, 9.17) is 0 Å². The van der Waals surface area contributed by atoms with E-state index in [2.05, 4.69) is 59.2 Å². The molecule has 118 valence electrons. The maximum absolute atomic E-state index is 3.74. The van der Waals surface area contributed by atoms with Crippen molar-refractivity contribution in [2.24, 2.45) is 0 Å². The smallest absolute Gasteiger partial charge is 0.254 e. The van der Waals surface area contributed by atoms with Crippen LogP contribution < -0.4 is 4.57 Å². The van der Waals surface area contributed by atoms with Gasteiger partial charge in [0, 0.05) is 30.2 Å². The van der Waals surface area contributed by atoms with Gasteiger partial charge in [-0.25, -0.2) is 9.13 Å². The topological polar surface area (TPSA) is 24.6 Å². The van der Waals surface area contributed by atoms with Crippen molar-refractivity contribution in [1.82, 2.24) is 9.55 Å². The fourth-order valence-electron chi connectivity index (χ4n) is 4.54. The minimum absolute atomic E-state index is 0.525. The van der Waals surface area contributed by atoms with Crippen LogP contribution in [0.5, 0.6) is 0 Å². The number of rotatable bonds is 2. The molecule has 3 heteroatoms. The van der Waals surface area contributed by atoms with Crippen molar-refractivity contribution in [2.75, 3.05) is 0 Å². The van der Waals surface area contributed by atoms with Crippen molar-refractivity contribution in [3.63, 3.8) is 0 Å². The fourth-order valence-corrected chi connectivity index (χ4v) is 4.54. The van der Waals surface area contributed by atoms with Crippen molar-refractivity contribution in [2.45, 2.75) is 58.5 Å². The van der Waals surface area contributed by atoms with Crippen molar-refractivity contribution in [3.8, 4) is 11.4 Å². The number of hydrogen-bond donors (Lipinski definition) is 1. The molecule has 5 rings (SSSR count). The molecule has 2 aromatic heterocycles. The van der Waals surface area contributed by atoms with E-state index < -0.39 is 0 Å². The Morgan fingerprint density at radius 3 is 2.74 bits per heavy atom. The van der Waals surface area contributed by atoms with Crippen LogP contribution in [0.1, 0.15) is 55.7 Å². The number of aromatic nitrogens is 3. The highest BCUT2D eigenvalue weighted by atomic mass is 15.2. The Labute approximate surface area is 137 Å². The summed E-state index contributed by atoms with van der Waals surface area (Å²) in [6.45, 7) is 8.03. The highest BCUT2D eigenvalue weighted by Crippen LogP contribution is 2.47. The average molecular weight is 306 g/mol. The summed E-state index contributed by atoms with van der Waals surface area (Å²) >= 11 is 0. The molecule has 1 saturated carbocycles. The number of aryl methyl sites for hydroxylation is 1. The molecule has 0 atom stereocenters. The van der Waals surface area contributed by atoms with Gasteiger partial charge in [-0.2, -0.15) is 0 Å². The third-order valence-electron chi connectivity index (χ3n) is 5.63. The monoisotopic (exact) mass is 306 g/mol. The zero-order valence-electron chi connectivity index (χ0n) is 14.2. The van der Waals surface area contributed by atoms with Crippen LogP contribution in [0.4, 0.5) is 0 Å². The molecule has 0 unspecified atom stereocenters. The van der Waals surface area contributed by atoms with E-state index in [-0.39, 0.29) is 0 Å². The van der Waals surface area contributed by atoms with Gasteiger partial charge in [-0.1, -0.05) is 18.2 Å². The highest BCUT2D eigenvalue weighted by molar-refractivity contribution is 5.90. The Morgan fingerprint density at radius 1 is 1.22 bits per heavy atom. The summed E-state index contributed by atoms with van der Waals surface area (Å²) in [6, 6.07) is 9.29. The van der Waals surface area contributed by atoms with E-state index in [0.717, 1.165) is 18.9 Å². The Morgan fingerprint density at radius 2 is 2.00 bits per heavy atom. The zero-order valence-corrected chi connectivity index (χ0v) is 14.2. The first-order valence-corrected chi connectivity index (χ1v) is 8.91. The van der Waals surface area contributed by atoms with Gasteiger partial charge in [-0.15, -0.1) is 0 Å². The third kappa shape index (κ3) is 1.73. The molecule has 0 saturated heterocycles. The summed E-state index contributed by atoms with van der Waals surface area (Å²) in [7, 11) is 0. The molecular weight excluding hydrogens is 282 g/mol. The lowest BCUT2D eigenvalue weighted by atomic mass is 10.0. The van der Waals surface area contributed by atoms with Gasteiger partial charge in [-0.05, 0) is 38.3 Å². The van der Waals surface area contributed by atoms with Gasteiger partial charge in [0.25, 0.3) is 5.82 Å². The Bertz CT molecular complexity index is 922. The van der Waals surface area contributed by atoms with E-state index in [9.17, 15) is 0 Å². The van der Waals surface area contributed by atoms with Crippen LogP contribution in [0.2, 0.25) is 0 Å². The number of nitrogens with zero attached hydrogens (tertiary/aromatic N) is 2. The van der Waals surface area contributed by atoms with Gasteiger partial charge in [0.15, 0.2) is 11.4 Å². The number of para-hydroxylation sites is 1. The largest absolute Gasteiger partial charge is 0.351 e. The van der Waals surface area contributed by atoms with Crippen LogP contribution in [-0.2, 0) is 13.0 Å². The zero-order chi connectivity index (χ0) is 15.7. The molecule has 0 radical (unpaired) electrons. The van der Waals surface area contributed by atoms with Crippen molar-refractivity contribution < 1.29 is 4.57 Å². The lowest BCUT2D eigenvalue weighted by Gasteiger charge is -2.12. The standard InChI is InChI=1S/C20H24N3/c1-12(2)23-13(3)22-11-10-16-15-6-4-5-7-17(15)21-18(16)20(22)19(23)14-8-9-14/h4-7,12,14,21H,8-11H2,1-3H3/q+1. The molecule has 1 fully saturated rings. The molecule has 3 aromatic rings. The summed E-state index contributed by atoms with van der Waals surface area (Å²) in [4.78, 5) is 3.74. The first-order valence-electron chi connectivity index (χ1n) is 8.91. The molecule has 3 nitrogen and oxygen atoms in total. The molecule has 0 spiro atoms. The Kier molecular flexibility index (Phi) is 2.62. The van der Waals surface area contributed by atoms with E-state index in [1.54, 1.807) is 5.69 Å². The lowest BCUT2D eigenvalue weighted by Crippen LogP contribution is -2.41. The maximum atomic E-state index is 3.74. The minimum atomic E-state index is 0.525. The second-order valence-electron chi connectivity index (χ2n) is 7.44. The molecule has 1 N–H and O–H groups in total. The lowest BCUT2D eigenvalue weighted by molar-refractivity contribution is -0.693. The molecular formula is C20H24N3+. The molecule has 0 amide bonds. The van der Waals surface area contributed by atoms with Gasteiger partial charge in [0.1, 0.15) is 0 Å².